The van der Waals surface area contributed by atoms with Crippen molar-refractivity contribution in [2.75, 3.05) is 18.5 Å². The molecule has 0 amide bonds. The Morgan fingerprint density at radius 2 is 2.05 bits per heavy atom. The van der Waals surface area contributed by atoms with Crippen LogP contribution in [0.4, 0.5) is 5.69 Å². The van der Waals surface area contributed by atoms with Gasteiger partial charge in [-0.25, -0.2) is 0 Å². The van der Waals surface area contributed by atoms with Gasteiger partial charge in [0.15, 0.2) is 5.82 Å². The SMILES string of the molecule is CCc1noc(-c2ccc(NCC(O)CO)cc2)n1. The summed E-state index contributed by atoms with van der Waals surface area (Å²) in [4.78, 5) is 4.24. The number of aromatic nitrogens is 2. The molecule has 1 aromatic heterocycles. The zero-order valence-electron chi connectivity index (χ0n) is 10.7. The molecule has 0 radical (unpaired) electrons. The quantitative estimate of drug-likeness (QED) is 0.722. The fraction of sp³-hybridized carbons (Fsp3) is 0.385. The zero-order chi connectivity index (χ0) is 13.7. The van der Waals surface area contributed by atoms with Crippen LogP contribution in [0.25, 0.3) is 11.5 Å². The third-order valence-corrected chi connectivity index (χ3v) is 2.67. The molecule has 1 atom stereocenters. The largest absolute Gasteiger partial charge is 0.394 e. The second-order valence-electron chi connectivity index (χ2n) is 4.16. The van der Waals surface area contributed by atoms with E-state index in [9.17, 15) is 5.11 Å². The summed E-state index contributed by atoms with van der Waals surface area (Å²) < 4.78 is 5.14. The first-order valence-corrected chi connectivity index (χ1v) is 6.18. The van der Waals surface area contributed by atoms with Gasteiger partial charge in [-0.1, -0.05) is 12.1 Å². The van der Waals surface area contributed by atoms with Crippen molar-refractivity contribution in [1.29, 1.82) is 0 Å². The average molecular weight is 263 g/mol. The number of rotatable bonds is 6. The summed E-state index contributed by atoms with van der Waals surface area (Å²) in [7, 11) is 0. The van der Waals surface area contributed by atoms with Gasteiger partial charge in [-0.2, -0.15) is 4.98 Å². The van der Waals surface area contributed by atoms with Crippen molar-refractivity contribution in [3.8, 4) is 11.5 Å². The molecule has 102 valence electrons. The molecule has 0 aliphatic carbocycles. The standard InChI is InChI=1S/C13H17N3O3/c1-2-12-15-13(19-16-12)9-3-5-10(6-4-9)14-7-11(18)8-17/h3-6,11,14,17-18H,2,7-8H2,1H3. The van der Waals surface area contributed by atoms with Gasteiger partial charge in [0.05, 0.1) is 12.7 Å². The molecule has 0 aliphatic heterocycles. The predicted molar refractivity (Wildman–Crippen MR) is 70.7 cm³/mol. The van der Waals surface area contributed by atoms with Crippen LogP contribution in [0.15, 0.2) is 28.8 Å². The molecule has 0 saturated heterocycles. The Morgan fingerprint density at radius 1 is 1.32 bits per heavy atom. The van der Waals surface area contributed by atoms with Crippen molar-refractivity contribution in [2.45, 2.75) is 19.4 Å². The van der Waals surface area contributed by atoms with Gasteiger partial charge >= 0.3 is 0 Å². The molecule has 0 fully saturated rings. The van der Waals surface area contributed by atoms with Crippen molar-refractivity contribution >= 4 is 5.69 Å². The minimum Gasteiger partial charge on any atom is -0.394 e. The highest BCUT2D eigenvalue weighted by atomic mass is 16.5. The molecule has 0 spiro atoms. The van der Waals surface area contributed by atoms with Gasteiger partial charge in [0, 0.05) is 24.2 Å². The average Bonchev–Trinajstić information content (AvgIpc) is 2.94. The molecule has 6 nitrogen and oxygen atoms in total. The van der Waals surface area contributed by atoms with Crippen molar-refractivity contribution in [1.82, 2.24) is 10.1 Å². The maximum atomic E-state index is 9.24. The smallest absolute Gasteiger partial charge is 0.257 e. The maximum absolute atomic E-state index is 9.24. The highest BCUT2D eigenvalue weighted by Gasteiger charge is 2.07. The number of hydrogen-bond acceptors (Lipinski definition) is 6. The summed E-state index contributed by atoms with van der Waals surface area (Å²) in [5.41, 5.74) is 1.70. The lowest BCUT2D eigenvalue weighted by Gasteiger charge is -2.10. The van der Waals surface area contributed by atoms with Gasteiger partial charge in [0.25, 0.3) is 5.89 Å². The third kappa shape index (κ3) is 3.52. The molecule has 1 unspecified atom stereocenters. The molecule has 3 N–H and O–H groups in total. The van der Waals surface area contributed by atoms with Gasteiger partial charge in [0.1, 0.15) is 0 Å². The number of aryl methyl sites for hydroxylation is 1. The van der Waals surface area contributed by atoms with Crippen LogP contribution < -0.4 is 5.32 Å². The topological polar surface area (TPSA) is 91.4 Å². The van der Waals surface area contributed by atoms with Gasteiger partial charge in [-0.05, 0) is 24.3 Å². The van der Waals surface area contributed by atoms with E-state index < -0.39 is 6.10 Å². The number of aliphatic hydroxyl groups is 2. The van der Waals surface area contributed by atoms with E-state index in [1.807, 2.05) is 31.2 Å². The molecule has 1 heterocycles. The molecule has 2 aromatic rings. The summed E-state index contributed by atoms with van der Waals surface area (Å²) in [5.74, 6) is 1.18. The molecule has 0 bridgehead atoms. The fourth-order valence-corrected chi connectivity index (χ4v) is 1.55. The van der Waals surface area contributed by atoms with Crippen LogP contribution in [-0.4, -0.2) is 39.6 Å². The van der Waals surface area contributed by atoms with Crippen LogP contribution in [-0.2, 0) is 6.42 Å². The van der Waals surface area contributed by atoms with E-state index in [0.29, 0.717) is 18.3 Å². The third-order valence-electron chi connectivity index (χ3n) is 2.67. The molecular formula is C13H17N3O3. The summed E-state index contributed by atoms with van der Waals surface area (Å²) in [6.45, 7) is 2.01. The summed E-state index contributed by atoms with van der Waals surface area (Å²) in [6.07, 6.45) is -0.0231. The van der Waals surface area contributed by atoms with Gasteiger partial charge in [-0.15, -0.1) is 0 Å². The van der Waals surface area contributed by atoms with E-state index in [-0.39, 0.29) is 6.61 Å². The highest BCUT2D eigenvalue weighted by Crippen LogP contribution is 2.19. The van der Waals surface area contributed by atoms with E-state index in [2.05, 4.69) is 15.5 Å². The first-order valence-electron chi connectivity index (χ1n) is 6.18. The first-order chi connectivity index (χ1) is 9.22. The molecule has 1 aromatic carbocycles. The Morgan fingerprint density at radius 3 is 2.63 bits per heavy atom. The number of benzene rings is 1. The van der Waals surface area contributed by atoms with Crippen LogP contribution in [0.5, 0.6) is 0 Å². The van der Waals surface area contributed by atoms with Crippen LogP contribution in [0.3, 0.4) is 0 Å². The van der Waals surface area contributed by atoms with Crippen LogP contribution in [0.1, 0.15) is 12.7 Å². The summed E-state index contributed by atoms with van der Waals surface area (Å²) >= 11 is 0. The lowest BCUT2D eigenvalue weighted by atomic mass is 10.2. The number of nitrogens with one attached hydrogen (secondary N) is 1. The Bertz CT molecular complexity index is 510. The Kier molecular flexibility index (Phi) is 4.48. The summed E-state index contributed by atoms with van der Waals surface area (Å²) in [6, 6.07) is 7.44. The second kappa shape index (κ2) is 6.31. The number of anilines is 1. The molecule has 2 rings (SSSR count). The molecule has 0 saturated carbocycles. The Labute approximate surface area is 111 Å². The van der Waals surface area contributed by atoms with E-state index in [1.54, 1.807) is 0 Å². The maximum Gasteiger partial charge on any atom is 0.257 e. The van der Waals surface area contributed by atoms with E-state index in [4.69, 9.17) is 9.63 Å². The number of aliphatic hydroxyl groups excluding tert-OH is 2. The number of nitrogens with zero attached hydrogens (tertiary/aromatic N) is 2. The fourth-order valence-electron chi connectivity index (χ4n) is 1.55. The monoisotopic (exact) mass is 263 g/mol. The van der Waals surface area contributed by atoms with E-state index in [1.165, 1.54) is 0 Å². The van der Waals surface area contributed by atoms with E-state index in [0.717, 1.165) is 17.7 Å². The normalized spacial score (nSPS) is 12.4. The minimum absolute atomic E-state index is 0.257. The number of hydrogen-bond donors (Lipinski definition) is 3. The molecular weight excluding hydrogens is 246 g/mol. The van der Waals surface area contributed by atoms with Crippen LogP contribution >= 0.6 is 0 Å². The van der Waals surface area contributed by atoms with Crippen molar-refractivity contribution in [2.24, 2.45) is 0 Å². The van der Waals surface area contributed by atoms with Crippen LogP contribution in [0.2, 0.25) is 0 Å². The van der Waals surface area contributed by atoms with Crippen molar-refractivity contribution < 1.29 is 14.7 Å². The lowest BCUT2D eigenvalue weighted by Crippen LogP contribution is -2.22. The lowest BCUT2D eigenvalue weighted by molar-refractivity contribution is 0.105. The highest BCUT2D eigenvalue weighted by molar-refractivity contribution is 5.58. The predicted octanol–water partition coefficient (Wildman–Crippen LogP) is 1.06. The van der Waals surface area contributed by atoms with Gasteiger partial charge in [0.2, 0.25) is 0 Å². The summed E-state index contributed by atoms with van der Waals surface area (Å²) in [5, 5.41) is 24.8. The van der Waals surface area contributed by atoms with Crippen LogP contribution in [0, 0.1) is 0 Å². The zero-order valence-corrected chi connectivity index (χ0v) is 10.7. The van der Waals surface area contributed by atoms with Gasteiger partial charge in [-0.3, -0.25) is 0 Å². The Balaban J connectivity index is 2.01. The molecule has 6 heteroatoms. The minimum atomic E-state index is -0.761. The van der Waals surface area contributed by atoms with Crippen molar-refractivity contribution in [3.05, 3.63) is 30.1 Å². The first kappa shape index (κ1) is 13.5. The second-order valence-corrected chi connectivity index (χ2v) is 4.16. The van der Waals surface area contributed by atoms with Crippen molar-refractivity contribution in [3.63, 3.8) is 0 Å². The van der Waals surface area contributed by atoms with E-state index >= 15 is 0 Å². The van der Waals surface area contributed by atoms with Gasteiger partial charge < -0.3 is 20.1 Å². The molecule has 19 heavy (non-hydrogen) atoms. The molecule has 0 aliphatic rings. The Hall–Kier alpha value is -1.92.